The molecule has 2 aromatic rings. The second-order valence-corrected chi connectivity index (χ2v) is 7.70. The first-order chi connectivity index (χ1) is 13.7. The van der Waals surface area contributed by atoms with Gasteiger partial charge in [0.15, 0.2) is 0 Å². The minimum atomic E-state index is -0.107. The first-order valence-electron chi connectivity index (χ1n) is 10.2. The van der Waals surface area contributed by atoms with Gasteiger partial charge in [0.2, 0.25) is 0 Å². The average molecular weight is 377 g/mol. The van der Waals surface area contributed by atoms with Crippen LogP contribution in [0.15, 0.2) is 48.5 Å². The smallest absolute Gasteiger partial charge is 0.315 e. The number of urea groups is 1. The molecule has 0 bridgehead atoms. The number of hydrogen-bond donors (Lipinski definition) is 2. The lowest BCUT2D eigenvalue weighted by Gasteiger charge is -2.23. The molecule has 0 atom stereocenters. The van der Waals surface area contributed by atoms with Crippen molar-refractivity contribution in [2.24, 2.45) is 0 Å². The van der Waals surface area contributed by atoms with E-state index in [-0.39, 0.29) is 11.9 Å². The van der Waals surface area contributed by atoms with Crippen LogP contribution in [0.4, 0.5) is 10.5 Å². The molecule has 1 heterocycles. The number of anilines is 1. The molecule has 0 saturated heterocycles. The van der Waals surface area contributed by atoms with Crippen molar-refractivity contribution in [3.63, 3.8) is 0 Å². The van der Waals surface area contributed by atoms with E-state index in [4.69, 9.17) is 0 Å². The molecule has 4 rings (SSSR count). The molecular weight excluding hydrogens is 350 g/mol. The molecule has 1 aliphatic carbocycles. The lowest BCUT2D eigenvalue weighted by atomic mass is 9.96. The fourth-order valence-corrected chi connectivity index (χ4v) is 4.15. The summed E-state index contributed by atoms with van der Waals surface area (Å²) in [6, 6.07) is 15.7. The lowest BCUT2D eigenvalue weighted by molar-refractivity contribution is 0.0989. The van der Waals surface area contributed by atoms with Crippen LogP contribution < -0.4 is 15.5 Å². The van der Waals surface area contributed by atoms with Crippen LogP contribution in [0, 0.1) is 0 Å². The van der Waals surface area contributed by atoms with Gasteiger partial charge >= 0.3 is 6.03 Å². The molecule has 1 saturated carbocycles. The SMILES string of the molecule is O=C(NCc1ccc2c(c1)N(C(=O)c1ccccc1)CC2)NC1CCCCC1. The number of carbonyl (C=O) groups excluding carboxylic acids is 2. The summed E-state index contributed by atoms with van der Waals surface area (Å²) in [4.78, 5) is 26.9. The molecule has 0 spiro atoms. The van der Waals surface area contributed by atoms with Crippen molar-refractivity contribution in [3.05, 3.63) is 65.2 Å². The fraction of sp³-hybridized carbons (Fsp3) is 0.391. The van der Waals surface area contributed by atoms with Crippen molar-refractivity contribution in [2.45, 2.75) is 51.1 Å². The monoisotopic (exact) mass is 377 g/mol. The van der Waals surface area contributed by atoms with Crippen molar-refractivity contribution >= 4 is 17.6 Å². The number of hydrogen-bond acceptors (Lipinski definition) is 2. The molecule has 0 unspecified atom stereocenters. The first kappa shape index (κ1) is 18.5. The highest BCUT2D eigenvalue weighted by Gasteiger charge is 2.25. The maximum absolute atomic E-state index is 12.9. The number of amides is 3. The van der Waals surface area contributed by atoms with Gasteiger partial charge < -0.3 is 15.5 Å². The first-order valence-corrected chi connectivity index (χ1v) is 10.2. The van der Waals surface area contributed by atoms with E-state index in [9.17, 15) is 9.59 Å². The number of carbonyl (C=O) groups is 2. The molecule has 5 heteroatoms. The van der Waals surface area contributed by atoms with E-state index >= 15 is 0 Å². The quantitative estimate of drug-likeness (QED) is 0.845. The molecule has 28 heavy (non-hydrogen) atoms. The van der Waals surface area contributed by atoms with E-state index in [2.05, 4.69) is 16.7 Å². The van der Waals surface area contributed by atoms with Gasteiger partial charge in [-0.1, -0.05) is 49.6 Å². The van der Waals surface area contributed by atoms with Gasteiger partial charge in [-0.25, -0.2) is 4.79 Å². The van der Waals surface area contributed by atoms with Crippen molar-refractivity contribution in [2.75, 3.05) is 11.4 Å². The zero-order valence-electron chi connectivity index (χ0n) is 16.1. The van der Waals surface area contributed by atoms with Crippen molar-refractivity contribution in [3.8, 4) is 0 Å². The highest BCUT2D eigenvalue weighted by molar-refractivity contribution is 6.07. The summed E-state index contributed by atoms with van der Waals surface area (Å²) in [7, 11) is 0. The molecule has 2 aromatic carbocycles. The highest BCUT2D eigenvalue weighted by Crippen LogP contribution is 2.30. The maximum atomic E-state index is 12.9. The van der Waals surface area contributed by atoms with Crippen LogP contribution in [-0.2, 0) is 13.0 Å². The number of benzene rings is 2. The van der Waals surface area contributed by atoms with Gasteiger partial charge in [-0.15, -0.1) is 0 Å². The minimum absolute atomic E-state index is 0.0273. The molecule has 3 amide bonds. The van der Waals surface area contributed by atoms with E-state index in [0.29, 0.717) is 24.7 Å². The van der Waals surface area contributed by atoms with E-state index in [1.54, 1.807) is 0 Å². The number of fused-ring (bicyclic) bond motifs is 1. The number of nitrogens with one attached hydrogen (secondary N) is 2. The molecule has 146 valence electrons. The fourth-order valence-electron chi connectivity index (χ4n) is 4.15. The molecule has 2 N–H and O–H groups in total. The summed E-state index contributed by atoms with van der Waals surface area (Å²) in [5.74, 6) is 0.0273. The van der Waals surface area contributed by atoms with Crippen LogP contribution in [0.3, 0.4) is 0 Å². The minimum Gasteiger partial charge on any atom is -0.335 e. The van der Waals surface area contributed by atoms with E-state index in [1.165, 1.54) is 24.8 Å². The van der Waals surface area contributed by atoms with Gasteiger partial charge in [0.05, 0.1) is 0 Å². The summed E-state index contributed by atoms with van der Waals surface area (Å²) >= 11 is 0. The van der Waals surface area contributed by atoms with Crippen LogP contribution in [-0.4, -0.2) is 24.5 Å². The summed E-state index contributed by atoms with van der Waals surface area (Å²) in [6.45, 7) is 1.15. The predicted molar refractivity (Wildman–Crippen MR) is 111 cm³/mol. The molecule has 1 aliphatic heterocycles. The van der Waals surface area contributed by atoms with E-state index in [0.717, 1.165) is 30.5 Å². The normalized spacial score (nSPS) is 16.5. The third-order valence-corrected chi connectivity index (χ3v) is 5.70. The third-order valence-electron chi connectivity index (χ3n) is 5.70. The van der Waals surface area contributed by atoms with Gasteiger partial charge in [-0.3, -0.25) is 4.79 Å². The summed E-state index contributed by atoms with van der Waals surface area (Å²) in [5.41, 5.74) is 3.84. The molecule has 0 aromatic heterocycles. The Balaban J connectivity index is 1.39. The predicted octanol–water partition coefficient (Wildman–Crippen LogP) is 4.02. The lowest BCUT2D eigenvalue weighted by Crippen LogP contribution is -2.42. The Kier molecular flexibility index (Phi) is 5.60. The number of nitrogens with zero attached hydrogens (tertiary/aromatic N) is 1. The Morgan fingerprint density at radius 3 is 2.57 bits per heavy atom. The van der Waals surface area contributed by atoms with Gasteiger partial charge in [-0.2, -0.15) is 0 Å². The highest BCUT2D eigenvalue weighted by atomic mass is 16.2. The Morgan fingerprint density at radius 1 is 1.00 bits per heavy atom. The molecule has 0 radical (unpaired) electrons. The van der Waals surface area contributed by atoms with E-state index in [1.807, 2.05) is 47.4 Å². The van der Waals surface area contributed by atoms with Crippen LogP contribution in [0.2, 0.25) is 0 Å². The molecule has 2 aliphatic rings. The molecular formula is C23H27N3O2. The Morgan fingerprint density at radius 2 is 1.79 bits per heavy atom. The summed E-state index contributed by atoms with van der Waals surface area (Å²) < 4.78 is 0. The largest absolute Gasteiger partial charge is 0.335 e. The maximum Gasteiger partial charge on any atom is 0.315 e. The van der Waals surface area contributed by atoms with Gasteiger partial charge in [0.1, 0.15) is 0 Å². The Bertz CT molecular complexity index is 844. The second kappa shape index (κ2) is 8.46. The molecule has 5 nitrogen and oxygen atoms in total. The molecule has 1 fully saturated rings. The van der Waals surface area contributed by atoms with Gasteiger partial charge in [0.25, 0.3) is 5.91 Å². The summed E-state index contributed by atoms with van der Waals surface area (Å²) in [5, 5.41) is 6.04. The van der Waals surface area contributed by atoms with Gasteiger partial charge in [-0.05, 0) is 48.6 Å². The zero-order valence-corrected chi connectivity index (χ0v) is 16.1. The zero-order chi connectivity index (χ0) is 19.3. The van der Waals surface area contributed by atoms with Crippen molar-refractivity contribution in [1.29, 1.82) is 0 Å². The van der Waals surface area contributed by atoms with Crippen LogP contribution >= 0.6 is 0 Å². The van der Waals surface area contributed by atoms with Crippen LogP contribution in [0.5, 0.6) is 0 Å². The average Bonchev–Trinajstić information content (AvgIpc) is 3.16. The van der Waals surface area contributed by atoms with Crippen molar-refractivity contribution in [1.82, 2.24) is 10.6 Å². The van der Waals surface area contributed by atoms with Crippen molar-refractivity contribution < 1.29 is 9.59 Å². The number of rotatable bonds is 4. The van der Waals surface area contributed by atoms with Crippen LogP contribution in [0.25, 0.3) is 0 Å². The standard InChI is InChI=1S/C23H27N3O2/c27-22(19-7-3-1-4-8-19)26-14-13-18-12-11-17(15-21(18)26)16-24-23(28)25-20-9-5-2-6-10-20/h1,3-4,7-8,11-12,15,20H,2,5-6,9-10,13-14,16H2,(H2,24,25,28). The summed E-state index contributed by atoms with van der Waals surface area (Å²) in [6.07, 6.45) is 6.67. The second-order valence-electron chi connectivity index (χ2n) is 7.70. The Hall–Kier alpha value is -2.82. The van der Waals surface area contributed by atoms with Crippen LogP contribution in [0.1, 0.15) is 53.6 Å². The van der Waals surface area contributed by atoms with E-state index < -0.39 is 0 Å². The van der Waals surface area contributed by atoms with Gasteiger partial charge in [0, 0.05) is 30.4 Å². The third kappa shape index (κ3) is 4.19. The topological polar surface area (TPSA) is 61.4 Å². The Labute approximate surface area is 166 Å².